The van der Waals surface area contributed by atoms with Crippen LogP contribution in [0.4, 0.5) is 11.4 Å². The van der Waals surface area contributed by atoms with Crippen molar-refractivity contribution in [2.45, 2.75) is 11.8 Å². The third kappa shape index (κ3) is 4.26. The summed E-state index contributed by atoms with van der Waals surface area (Å²) in [7, 11) is -1.43. The fourth-order valence-corrected chi connectivity index (χ4v) is 3.95. The van der Waals surface area contributed by atoms with Crippen LogP contribution in [0.15, 0.2) is 71.9 Å². The zero-order valence-corrected chi connectivity index (χ0v) is 17.7. The second-order valence-corrected chi connectivity index (χ2v) is 9.06. The molecule has 0 saturated carbocycles. The number of hydrogen-bond donors (Lipinski definition) is 1. The van der Waals surface area contributed by atoms with Crippen molar-refractivity contribution in [2.75, 3.05) is 17.7 Å². The van der Waals surface area contributed by atoms with E-state index >= 15 is 0 Å². The van der Waals surface area contributed by atoms with Gasteiger partial charge in [0.1, 0.15) is 5.75 Å². The lowest BCUT2D eigenvalue weighted by molar-refractivity contribution is 0.412. The van der Waals surface area contributed by atoms with E-state index in [0.717, 1.165) is 11.4 Å². The van der Waals surface area contributed by atoms with Crippen LogP contribution in [0.25, 0.3) is 10.9 Å². The summed E-state index contributed by atoms with van der Waals surface area (Å²) >= 11 is 0. The van der Waals surface area contributed by atoms with Gasteiger partial charge in [0.25, 0.3) is 0 Å². The van der Waals surface area contributed by atoms with Gasteiger partial charge in [-0.05, 0) is 48.5 Å². The van der Waals surface area contributed by atoms with Crippen LogP contribution >= 0.6 is 0 Å². The van der Waals surface area contributed by atoms with Crippen molar-refractivity contribution in [3.8, 4) is 17.6 Å². The molecule has 9 heteroatoms. The summed E-state index contributed by atoms with van der Waals surface area (Å²) in [6.07, 6.45) is 3.07. The van der Waals surface area contributed by atoms with Gasteiger partial charge in [-0.15, -0.1) is 0 Å². The van der Waals surface area contributed by atoms with Crippen molar-refractivity contribution in [1.82, 2.24) is 15.0 Å². The highest BCUT2D eigenvalue weighted by Crippen LogP contribution is 2.30. The van der Waals surface area contributed by atoms with Crippen LogP contribution in [0.1, 0.15) is 6.92 Å². The molecule has 158 valence electrons. The summed E-state index contributed by atoms with van der Waals surface area (Å²) < 4.78 is 30.0. The molecule has 0 atom stereocenters. The minimum atomic E-state index is -3.28. The number of benzene rings is 2. The molecule has 0 saturated heterocycles. The van der Waals surface area contributed by atoms with E-state index < -0.39 is 9.84 Å². The Morgan fingerprint density at radius 3 is 2.55 bits per heavy atom. The quantitative estimate of drug-likeness (QED) is 0.482. The second kappa shape index (κ2) is 8.19. The molecule has 0 unspecified atom stereocenters. The SMILES string of the molecule is CCS(=O)(=O)c1cccc(N(C)c2ccc(Oc3nc(O)c4ccncc4n3)cc2)c1. The molecule has 2 aromatic carbocycles. The summed E-state index contributed by atoms with van der Waals surface area (Å²) in [5.74, 6) is 0.358. The molecule has 0 fully saturated rings. The molecule has 2 heterocycles. The number of aromatic nitrogens is 3. The van der Waals surface area contributed by atoms with Crippen molar-refractivity contribution in [3.05, 3.63) is 67.0 Å². The molecule has 4 aromatic rings. The van der Waals surface area contributed by atoms with E-state index in [4.69, 9.17) is 4.74 Å². The van der Waals surface area contributed by atoms with E-state index in [9.17, 15) is 13.5 Å². The van der Waals surface area contributed by atoms with Gasteiger partial charge in [-0.3, -0.25) is 4.98 Å². The average Bonchev–Trinajstić information content (AvgIpc) is 2.79. The lowest BCUT2D eigenvalue weighted by atomic mass is 10.2. The third-order valence-electron chi connectivity index (χ3n) is 4.84. The van der Waals surface area contributed by atoms with Crippen LogP contribution in [-0.4, -0.2) is 41.3 Å². The number of ether oxygens (including phenoxy) is 1. The number of aromatic hydroxyl groups is 1. The zero-order chi connectivity index (χ0) is 22.0. The van der Waals surface area contributed by atoms with Gasteiger partial charge in [-0.1, -0.05) is 13.0 Å². The zero-order valence-electron chi connectivity index (χ0n) is 16.9. The first-order chi connectivity index (χ1) is 14.9. The summed E-state index contributed by atoms with van der Waals surface area (Å²) in [6.45, 7) is 1.62. The highest BCUT2D eigenvalue weighted by atomic mass is 32.2. The molecule has 0 spiro atoms. The molecule has 0 amide bonds. The van der Waals surface area contributed by atoms with Gasteiger partial charge in [0.05, 0.1) is 27.7 Å². The fraction of sp³-hybridized carbons (Fsp3) is 0.136. The first kappa shape index (κ1) is 20.5. The topological polar surface area (TPSA) is 106 Å². The van der Waals surface area contributed by atoms with Gasteiger partial charge >= 0.3 is 6.01 Å². The number of pyridine rings is 1. The van der Waals surface area contributed by atoms with Gasteiger partial charge < -0.3 is 14.7 Å². The van der Waals surface area contributed by atoms with E-state index in [0.29, 0.717) is 21.5 Å². The predicted molar refractivity (Wildman–Crippen MR) is 118 cm³/mol. The maximum atomic E-state index is 12.2. The fourth-order valence-electron chi connectivity index (χ4n) is 3.03. The Bertz CT molecular complexity index is 1340. The number of hydrogen-bond acceptors (Lipinski definition) is 8. The molecule has 31 heavy (non-hydrogen) atoms. The maximum Gasteiger partial charge on any atom is 0.325 e. The molecule has 0 radical (unpaired) electrons. The molecule has 0 aliphatic rings. The lowest BCUT2D eigenvalue weighted by Crippen LogP contribution is -2.11. The number of anilines is 2. The van der Waals surface area contributed by atoms with Crippen LogP contribution in [0.3, 0.4) is 0 Å². The highest BCUT2D eigenvalue weighted by molar-refractivity contribution is 7.91. The Kier molecular flexibility index (Phi) is 5.43. The minimum absolute atomic E-state index is 0.0107. The van der Waals surface area contributed by atoms with Crippen molar-refractivity contribution < 1.29 is 18.3 Å². The van der Waals surface area contributed by atoms with Crippen LogP contribution in [0, 0.1) is 0 Å². The molecule has 0 aliphatic heterocycles. The van der Waals surface area contributed by atoms with Crippen molar-refractivity contribution in [1.29, 1.82) is 0 Å². The normalized spacial score (nSPS) is 11.4. The Labute approximate surface area is 179 Å². The van der Waals surface area contributed by atoms with Gasteiger partial charge in [0.2, 0.25) is 5.88 Å². The maximum absolute atomic E-state index is 12.2. The van der Waals surface area contributed by atoms with Crippen LogP contribution in [-0.2, 0) is 9.84 Å². The first-order valence-corrected chi connectivity index (χ1v) is 11.2. The van der Waals surface area contributed by atoms with Crippen molar-refractivity contribution in [2.24, 2.45) is 0 Å². The summed E-state index contributed by atoms with van der Waals surface area (Å²) in [6, 6.07) is 15.6. The molecule has 2 aromatic heterocycles. The number of nitrogens with zero attached hydrogens (tertiary/aromatic N) is 4. The Balaban J connectivity index is 1.55. The standard InChI is InChI=1S/C22H20N4O4S/c1-3-31(28,29)18-6-4-5-16(13-18)26(2)15-7-9-17(10-8-15)30-22-24-20-14-23-12-11-19(20)21(27)25-22/h4-14H,3H2,1-2H3,(H,24,25,27). The highest BCUT2D eigenvalue weighted by Gasteiger charge is 2.14. The van der Waals surface area contributed by atoms with Crippen LogP contribution in [0.5, 0.6) is 17.6 Å². The smallest absolute Gasteiger partial charge is 0.325 e. The molecule has 4 rings (SSSR count). The molecule has 0 aliphatic carbocycles. The van der Waals surface area contributed by atoms with E-state index in [1.807, 2.05) is 30.1 Å². The first-order valence-electron chi connectivity index (χ1n) is 9.52. The predicted octanol–water partition coefficient (Wildman–Crippen LogP) is 4.08. The van der Waals surface area contributed by atoms with Gasteiger partial charge in [-0.25, -0.2) is 8.42 Å². The van der Waals surface area contributed by atoms with E-state index in [-0.39, 0.29) is 17.6 Å². The van der Waals surface area contributed by atoms with Crippen LogP contribution in [0.2, 0.25) is 0 Å². The van der Waals surface area contributed by atoms with Crippen molar-refractivity contribution in [3.63, 3.8) is 0 Å². The summed E-state index contributed by atoms with van der Waals surface area (Å²) in [5, 5.41) is 10.6. The number of fused-ring (bicyclic) bond motifs is 1. The summed E-state index contributed by atoms with van der Waals surface area (Å²) in [4.78, 5) is 14.4. The Morgan fingerprint density at radius 2 is 1.81 bits per heavy atom. The minimum Gasteiger partial charge on any atom is -0.493 e. The van der Waals surface area contributed by atoms with E-state index in [1.54, 1.807) is 49.5 Å². The van der Waals surface area contributed by atoms with E-state index in [2.05, 4.69) is 15.0 Å². The Hall–Kier alpha value is -3.72. The summed E-state index contributed by atoms with van der Waals surface area (Å²) in [5.41, 5.74) is 2.06. The molecule has 8 nitrogen and oxygen atoms in total. The van der Waals surface area contributed by atoms with Crippen LogP contribution < -0.4 is 9.64 Å². The number of sulfone groups is 1. The van der Waals surface area contributed by atoms with Gasteiger partial charge in [-0.2, -0.15) is 9.97 Å². The average molecular weight is 436 g/mol. The third-order valence-corrected chi connectivity index (χ3v) is 6.57. The van der Waals surface area contributed by atoms with Crippen molar-refractivity contribution >= 4 is 32.1 Å². The van der Waals surface area contributed by atoms with E-state index in [1.165, 1.54) is 6.20 Å². The largest absolute Gasteiger partial charge is 0.493 e. The molecule has 1 N–H and O–H groups in total. The lowest BCUT2D eigenvalue weighted by Gasteiger charge is -2.20. The van der Waals surface area contributed by atoms with Gasteiger partial charge in [0, 0.05) is 24.6 Å². The second-order valence-electron chi connectivity index (χ2n) is 6.78. The number of rotatable bonds is 6. The molecule has 0 bridgehead atoms. The van der Waals surface area contributed by atoms with Gasteiger partial charge in [0.15, 0.2) is 9.84 Å². The molecular formula is C22H20N4O4S. The monoisotopic (exact) mass is 436 g/mol. The molecular weight excluding hydrogens is 416 g/mol. The Morgan fingerprint density at radius 1 is 1.03 bits per heavy atom.